The first-order valence-corrected chi connectivity index (χ1v) is 10.1. The van der Waals surface area contributed by atoms with Crippen molar-refractivity contribution in [3.8, 4) is 0 Å². The SMILES string of the molecule is Cc1c(C=C2C(=O)c3ccccc3C2=O)c2ccccc2n1Cc1ccc(Cl)cc1. The quantitative estimate of drug-likeness (QED) is 0.301. The maximum Gasteiger partial charge on any atom is 0.197 e. The Labute approximate surface area is 179 Å². The van der Waals surface area contributed by atoms with E-state index in [1.54, 1.807) is 30.3 Å². The number of ketones is 2. The summed E-state index contributed by atoms with van der Waals surface area (Å²) in [5.41, 5.74) is 5.30. The fourth-order valence-corrected chi connectivity index (χ4v) is 4.29. The summed E-state index contributed by atoms with van der Waals surface area (Å²) in [5, 5.41) is 1.73. The fourth-order valence-electron chi connectivity index (χ4n) is 4.16. The molecule has 4 heteroatoms. The van der Waals surface area contributed by atoms with Crippen LogP contribution in [0.1, 0.15) is 37.5 Å². The molecule has 0 bridgehead atoms. The average Bonchev–Trinajstić information content (AvgIpc) is 3.17. The molecule has 0 spiro atoms. The summed E-state index contributed by atoms with van der Waals surface area (Å²) >= 11 is 6.03. The van der Waals surface area contributed by atoms with Crippen molar-refractivity contribution in [1.82, 2.24) is 4.57 Å². The lowest BCUT2D eigenvalue weighted by Gasteiger charge is -2.09. The van der Waals surface area contributed by atoms with Gasteiger partial charge in [-0.05, 0) is 36.8 Å². The van der Waals surface area contributed by atoms with Crippen LogP contribution in [0.25, 0.3) is 17.0 Å². The summed E-state index contributed by atoms with van der Waals surface area (Å²) in [5.74, 6) is -0.408. The summed E-state index contributed by atoms with van der Waals surface area (Å²) in [6, 6.07) is 22.9. The standard InChI is InChI=1S/C26H18ClNO2/c1-16-22(14-23-25(29)20-7-2-3-8-21(20)26(23)30)19-6-4-5-9-24(19)28(16)15-17-10-12-18(27)13-11-17/h2-14H,15H2,1H3. The van der Waals surface area contributed by atoms with Crippen LogP contribution in [0.3, 0.4) is 0 Å². The number of rotatable bonds is 3. The van der Waals surface area contributed by atoms with Crippen molar-refractivity contribution in [2.24, 2.45) is 0 Å². The Morgan fingerprint density at radius 3 is 2.10 bits per heavy atom. The van der Waals surface area contributed by atoms with Crippen LogP contribution in [-0.2, 0) is 6.54 Å². The van der Waals surface area contributed by atoms with Crippen LogP contribution in [0, 0.1) is 6.92 Å². The molecule has 1 aromatic heterocycles. The van der Waals surface area contributed by atoms with E-state index in [1.807, 2.05) is 49.4 Å². The number of nitrogens with zero attached hydrogens (tertiary/aromatic N) is 1. The zero-order chi connectivity index (χ0) is 20.8. The Bertz CT molecular complexity index is 1320. The largest absolute Gasteiger partial charge is 0.340 e. The molecule has 1 heterocycles. The van der Waals surface area contributed by atoms with E-state index in [4.69, 9.17) is 11.6 Å². The molecule has 5 rings (SSSR count). The number of benzene rings is 3. The van der Waals surface area contributed by atoms with Crippen molar-refractivity contribution in [3.05, 3.63) is 111 Å². The summed E-state index contributed by atoms with van der Waals surface area (Å²) in [7, 11) is 0. The van der Waals surface area contributed by atoms with Gasteiger partial charge in [-0.25, -0.2) is 0 Å². The second-order valence-corrected chi connectivity index (χ2v) is 7.93. The minimum atomic E-state index is -0.204. The van der Waals surface area contributed by atoms with E-state index in [0.29, 0.717) is 22.7 Å². The summed E-state index contributed by atoms with van der Waals surface area (Å²) in [6.07, 6.45) is 1.76. The van der Waals surface area contributed by atoms with E-state index in [2.05, 4.69) is 10.6 Å². The number of allylic oxidation sites excluding steroid dienone is 1. The maximum atomic E-state index is 12.9. The van der Waals surface area contributed by atoms with Crippen molar-refractivity contribution >= 4 is 40.1 Å². The maximum absolute atomic E-state index is 12.9. The zero-order valence-corrected chi connectivity index (χ0v) is 17.1. The van der Waals surface area contributed by atoms with Gasteiger partial charge in [0, 0.05) is 44.9 Å². The second kappa shape index (κ2) is 7.12. The highest BCUT2D eigenvalue weighted by molar-refractivity contribution is 6.41. The number of halogens is 1. The first-order valence-electron chi connectivity index (χ1n) is 9.77. The third-order valence-corrected chi connectivity index (χ3v) is 5.98. The lowest BCUT2D eigenvalue weighted by molar-refractivity contribution is 0.0990. The van der Waals surface area contributed by atoms with Crippen LogP contribution >= 0.6 is 11.6 Å². The van der Waals surface area contributed by atoms with Crippen molar-refractivity contribution in [2.75, 3.05) is 0 Å². The Hall–Kier alpha value is -3.43. The van der Waals surface area contributed by atoms with Crippen LogP contribution < -0.4 is 0 Å². The molecule has 0 amide bonds. The van der Waals surface area contributed by atoms with Gasteiger partial charge in [0.25, 0.3) is 0 Å². The molecule has 0 aliphatic heterocycles. The van der Waals surface area contributed by atoms with E-state index in [9.17, 15) is 9.59 Å². The third-order valence-electron chi connectivity index (χ3n) is 5.73. The summed E-state index contributed by atoms with van der Waals surface area (Å²) < 4.78 is 2.21. The highest BCUT2D eigenvalue weighted by atomic mass is 35.5. The predicted molar refractivity (Wildman–Crippen MR) is 120 cm³/mol. The highest BCUT2D eigenvalue weighted by Crippen LogP contribution is 2.33. The van der Waals surface area contributed by atoms with E-state index in [0.717, 1.165) is 27.7 Å². The predicted octanol–water partition coefficient (Wildman–Crippen LogP) is 6.11. The van der Waals surface area contributed by atoms with E-state index < -0.39 is 0 Å². The van der Waals surface area contributed by atoms with Crippen LogP contribution in [0.2, 0.25) is 5.02 Å². The molecular formula is C26H18ClNO2. The zero-order valence-electron chi connectivity index (χ0n) is 16.4. The van der Waals surface area contributed by atoms with Gasteiger partial charge in [-0.1, -0.05) is 66.2 Å². The summed E-state index contributed by atoms with van der Waals surface area (Å²) in [4.78, 5) is 25.8. The molecule has 3 nitrogen and oxygen atoms in total. The lowest BCUT2D eigenvalue weighted by Crippen LogP contribution is -2.03. The third kappa shape index (κ3) is 2.90. The molecule has 1 aliphatic rings. The molecular weight excluding hydrogens is 394 g/mol. The van der Waals surface area contributed by atoms with Gasteiger partial charge in [-0.3, -0.25) is 9.59 Å². The molecule has 4 aromatic rings. The number of carbonyl (C=O) groups excluding carboxylic acids is 2. The Morgan fingerprint density at radius 1 is 0.833 bits per heavy atom. The van der Waals surface area contributed by atoms with E-state index in [-0.39, 0.29) is 17.1 Å². The smallest absolute Gasteiger partial charge is 0.197 e. The first-order chi connectivity index (χ1) is 14.5. The first kappa shape index (κ1) is 18.6. The molecule has 0 saturated heterocycles. The number of para-hydroxylation sites is 1. The average molecular weight is 412 g/mol. The Balaban J connectivity index is 1.65. The molecule has 0 N–H and O–H groups in total. The molecule has 0 atom stereocenters. The number of hydrogen-bond donors (Lipinski definition) is 0. The molecule has 146 valence electrons. The summed E-state index contributed by atoms with van der Waals surface area (Å²) in [6.45, 7) is 2.70. The molecule has 0 fully saturated rings. The molecule has 0 unspecified atom stereocenters. The number of aromatic nitrogens is 1. The van der Waals surface area contributed by atoms with Crippen molar-refractivity contribution in [2.45, 2.75) is 13.5 Å². The fraction of sp³-hybridized carbons (Fsp3) is 0.0769. The van der Waals surface area contributed by atoms with Gasteiger partial charge in [0.05, 0.1) is 5.57 Å². The van der Waals surface area contributed by atoms with Gasteiger partial charge in [0.15, 0.2) is 11.6 Å². The second-order valence-electron chi connectivity index (χ2n) is 7.49. The van der Waals surface area contributed by atoms with Crippen molar-refractivity contribution < 1.29 is 9.59 Å². The highest BCUT2D eigenvalue weighted by Gasteiger charge is 2.33. The van der Waals surface area contributed by atoms with E-state index >= 15 is 0 Å². The number of fused-ring (bicyclic) bond motifs is 2. The van der Waals surface area contributed by atoms with Gasteiger partial charge in [-0.15, -0.1) is 0 Å². The molecule has 30 heavy (non-hydrogen) atoms. The monoisotopic (exact) mass is 411 g/mol. The minimum absolute atomic E-state index is 0.204. The molecule has 0 radical (unpaired) electrons. The van der Waals surface area contributed by atoms with Gasteiger partial charge in [0.1, 0.15) is 0 Å². The van der Waals surface area contributed by atoms with Crippen LogP contribution in [0.5, 0.6) is 0 Å². The minimum Gasteiger partial charge on any atom is -0.340 e. The normalized spacial score (nSPS) is 13.2. The molecule has 1 aliphatic carbocycles. The number of hydrogen-bond acceptors (Lipinski definition) is 2. The molecule has 3 aromatic carbocycles. The van der Waals surface area contributed by atoms with Gasteiger partial charge >= 0.3 is 0 Å². The van der Waals surface area contributed by atoms with Crippen molar-refractivity contribution in [1.29, 1.82) is 0 Å². The topological polar surface area (TPSA) is 39.1 Å². The van der Waals surface area contributed by atoms with Crippen molar-refractivity contribution in [3.63, 3.8) is 0 Å². The Morgan fingerprint density at radius 2 is 1.43 bits per heavy atom. The van der Waals surface area contributed by atoms with E-state index in [1.165, 1.54) is 0 Å². The van der Waals surface area contributed by atoms with Gasteiger partial charge < -0.3 is 4.57 Å². The molecule has 0 saturated carbocycles. The van der Waals surface area contributed by atoms with Gasteiger partial charge in [0.2, 0.25) is 0 Å². The number of carbonyl (C=O) groups is 2. The van der Waals surface area contributed by atoms with Crippen LogP contribution in [-0.4, -0.2) is 16.1 Å². The Kier molecular flexibility index (Phi) is 4.41. The van der Waals surface area contributed by atoms with Crippen LogP contribution in [0.15, 0.2) is 78.4 Å². The number of Topliss-reactive ketones (excluding diaryl/α,β-unsaturated/α-hetero) is 2. The lowest BCUT2D eigenvalue weighted by atomic mass is 10.0. The van der Waals surface area contributed by atoms with Gasteiger partial charge in [-0.2, -0.15) is 0 Å². The van der Waals surface area contributed by atoms with Crippen LogP contribution in [0.4, 0.5) is 0 Å².